The maximum Gasteiger partial charge on any atom is 0.311 e. The van der Waals surface area contributed by atoms with Crippen LogP contribution in [0.3, 0.4) is 0 Å². The summed E-state index contributed by atoms with van der Waals surface area (Å²) < 4.78 is 93.8. The fraction of sp³-hybridized carbons (Fsp3) is 0.774. The quantitative estimate of drug-likeness (QED) is 0.0476. The topological polar surface area (TPSA) is 302 Å². The number of ether oxygens (including phenoxy) is 17. The molecule has 1 aliphatic rings. The Morgan fingerprint density at radius 2 is 0.833 bits per heavy atom. The van der Waals surface area contributed by atoms with Crippen molar-refractivity contribution in [2.24, 2.45) is 5.41 Å². The molecule has 0 saturated carbocycles. The second kappa shape index (κ2) is 55.9. The number of amides is 5. The number of nitrogens with zero attached hydrogens (tertiary/aromatic N) is 2. The zero-order valence-electron chi connectivity index (χ0n) is 54.5. The van der Waals surface area contributed by atoms with Gasteiger partial charge in [-0.15, -0.1) is 0 Å². The first-order valence-corrected chi connectivity index (χ1v) is 31.2. The number of anilines is 1. The summed E-state index contributed by atoms with van der Waals surface area (Å²) in [6.45, 7) is 22.7. The Kier molecular flexibility index (Phi) is 50.5. The van der Waals surface area contributed by atoms with E-state index >= 15 is 0 Å². The number of benzene rings is 1. The van der Waals surface area contributed by atoms with Gasteiger partial charge in [0.1, 0.15) is 19.2 Å². The lowest BCUT2D eigenvalue weighted by atomic mass is 9.97. The second-order valence-corrected chi connectivity index (χ2v) is 21.2. The van der Waals surface area contributed by atoms with E-state index in [0.717, 1.165) is 67.1 Å². The van der Waals surface area contributed by atoms with Crippen molar-refractivity contribution >= 4 is 41.2 Å². The molecule has 1 heterocycles. The minimum absolute atomic E-state index is 0.0367. The predicted octanol–water partition coefficient (Wildman–Crippen LogP) is 1.80. The van der Waals surface area contributed by atoms with Crippen molar-refractivity contribution in [1.29, 1.82) is 0 Å². The average Bonchev–Trinajstić information content (AvgIpc) is 2.45. The maximum absolute atomic E-state index is 13.3. The van der Waals surface area contributed by atoms with Gasteiger partial charge in [0, 0.05) is 58.4 Å². The molecular formula is C62H107N5O23. The smallest absolute Gasteiger partial charge is 0.311 e. The molecule has 0 saturated heterocycles. The van der Waals surface area contributed by atoms with Gasteiger partial charge in [-0.25, -0.2) is 0 Å². The van der Waals surface area contributed by atoms with Gasteiger partial charge in [-0.1, -0.05) is 6.07 Å². The lowest BCUT2D eigenvalue weighted by Gasteiger charge is -2.23. The Morgan fingerprint density at radius 1 is 0.478 bits per heavy atom. The van der Waals surface area contributed by atoms with Crippen LogP contribution in [0.15, 0.2) is 30.4 Å². The lowest BCUT2D eigenvalue weighted by Crippen LogP contribution is -2.47. The van der Waals surface area contributed by atoms with E-state index in [9.17, 15) is 28.8 Å². The van der Waals surface area contributed by atoms with Crippen LogP contribution in [0, 0.1) is 5.41 Å². The monoisotopic (exact) mass is 1290 g/mol. The van der Waals surface area contributed by atoms with Crippen LogP contribution >= 0.6 is 0 Å². The third-order valence-electron chi connectivity index (χ3n) is 12.6. The first kappa shape index (κ1) is 81.4. The van der Waals surface area contributed by atoms with Crippen molar-refractivity contribution in [2.75, 3.05) is 250 Å². The average molecular weight is 1290 g/mol. The number of carbonyl (C=O) groups excluding carboxylic acids is 6. The Labute approximate surface area is 532 Å². The zero-order valence-corrected chi connectivity index (χ0v) is 54.5. The third kappa shape index (κ3) is 45.5. The minimum Gasteiger partial charge on any atom is -0.460 e. The molecule has 0 bridgehead atoms. The predicted molar refractivity (Wildman–Crippen MR) is 330 cm³/mol. The molecule has 1 aliphatic heterocycles. The molecule has 1 aromatic carbocycles. The Morgan fingerprint density at radius 3 is 1.20 bits per heavy atom. The molecular weight excluding hydrogens is 1180 g/mol. The van der Waals surface area contributed by atoms with Crippen molar-refractivity contribution in [3.8, 4) is 0 Å². The van der Waals surface area contributed by atoms with Gasteiger partial charge < -0.3 is 101 Å². The van der Waals surface area contributed by atoms with Crippen molar-refractivity contribution < 1.29 is 109 Å². The number of carbonyl (C=O) groups is 6. The van der Waals surface area contributed by atoms with Crippen molar-refractivity contribution in [2.45, 2.75) is 66.0 Å². The molecule has 28 nitrogen and oxygen atoms in total. The Hall–Kier alpha value is -4.70. The molecule has 0 aromatic heterocycles. The van der Waals surface area contributed by atoms with Crippen LogP contribution in [0.2, 0.25) is 0 Å². The summed E-state index contributed by atoms with van der Waals surface area (Å²) in [6, 6.07) is 4.36. The van der Waals surface area contributed by atoms with Crippen molar-refractivity contribution in [1.82, 2.24) is 20.4 Å². The van der Waals surface area contributed by atoms with Crippen LogP contribution in [0.1, 0.15) is 58.1 Å². The molecule has 0 fully saturated rings. The summed E-state index contributed by atoms with van der Waals surface area (Å²) in [5, 5.41) is 7.76. The first-order valence-electron chi connectivity index (χ1n) is 31.2. The van der Waals surface area contributed by atoms with Crippen molar-refractivity contribution in [3.05, 3.63) is 41.5 Å². The molecule has 3 N–H and O–H groups in total. The van der Waals surface area contributed by atoms with Crippen LogP contribution in [-0.4, -0.2) is 296 Å². The van der Waals surface area contributed by atoms with E-state index in [0.29, 0.717) is 210 Å². The first-order chi connectivity index (χ1) is 43.7. The SMILES string of the molecule is COCCOCCOCCOCCOCCOCCOCCOCCCN(CCCOCCOCCOCCOCCOCCOCCOCCOC)CCCc1cc(NC(=O)C(C)NC(=O)CNC(=O)CN2C(=O)C=CC2=O)ccc1COC(=O)C(C)(C)C. The van der Waals surface area contributed by atoms with E-state index in [2.05, 4.69) is 20.9 Å². The van der Waals surface area contributed by atoms with Gasteiger partial charge in [-0.2, -0.15) is 0 Å². The van der Waals surface area contributed by atoms with Gasteiger partial charge in [0.25, 0.3) is 11.8 Å². The largest absolute Gasteiger partial charge is 0.460 e. The van der Waals surface area contributed by atoms with Gasteiger partial charge >= 0.3 is 5.97 Å². The summed E-state index contributed by atoms with van der Waals surface area (Å²) in [6.07, 6.45) is 4.99. The lowest BCUT2D eigenvalue weighted by molar-refractivity contribution is -0.154. The fourth-order valence-electron chi connectivity index (χ4n) is 7.75. The number of nitrogens with one attached hydrogen (secondary N) is 3. The van der Waals surface area contributed by atoms with E-state index < -0.39 is 54.1 Å². The highest BCUT2D eigenvalue weighted by atomic mass is 16.6. The van der Waals surface area contributed by atoms with Crippen LogP contribution in [-0.2, 0) is 122 Å². The Bertz CT molecular complexity index is 1980. The molecule has 90 heavy (non-hydrogen) atoms. The maximum atomic E-state index is 13.3. The Balaban J connectivity index is 1.80. The van der Waals surface area contributed by atoms with Gasteiger partial charge in [-0.05, 0) is 83.2 Å². The standard InChI is InChI=1S/C62H107N5O23/c1-52(64-56(68)49-63-57(69)50-67-58(70)13-14-59(67)71)60(72)65-55-12-11-54(51-90-61(73)62(2,3)4)53(48-55)10-7-15-66(16-8-18-76-24-26-80-32-34-84-40-42-88-46-44-86-38-36-82-30-28-78-22-20-74-5)17-9-19-77-25-27-81-33-35-85-41-43-89-47-45-87-39-37-83-31-29-79-23-21-75-6/h11-14,48,52H,7-10,15-47,49-51H2,1-6H3,(H,63,69)(H,64,68)(H,65,72). The molecule has 0 radical (unpaired) electrons. The second-order valence-electron chi connectivity index (χ2n) is 21.2. The normalized spacial score (nSPS) is 12.8. The number of esters is 1. The van der Waals surface area contributed by atoms with E-state index in [1.165, 1.54) is 6.92 Å². The fourth-order valence-corrected chi connectivity index (χ4v) is 7.75. The number of hydrogen-bond acceptors (Lipinski definition) is 24. The number of methoxy groups -OCH3 is 2. The van der Waals surface area contributed by atoms with E-state index in [1.807, 2.05) is 12.1 Å². The van der Waals surface area contributed by atoms with Gasteiger partial charge in [0.15, 0.2) is 0 Å². The highest BCUT2D eigenvalue weighted by molar-refractivity contribution is 6.14. The number of imide groups is 1. The summed E-state index contributed by atoms with van der Waals surface area (Å²) in [5.41, 5.74) is 1.42. The molecule has 518 valence electrons. The van der Waals surface area contributed by atoms with Gasteiger partial charge in [0.05, 0.1) is 197 Å². The number of aryl methyl sites for hydroxylation is 1. The molecule has 5 amide bonds. The van der Waals surface area contributed by atoms with Gasteiger partial charge in [-0.3, -0.25) is 33.7 Å². The number of rotatable bonds is 63. The zero-order chi connectivity index (χ0) is 65.4. The molecule has 1 atom stereocenters. The molecule has 1 aromatic rings. The van der Waals surface area contributed by atoms with Crippen LogP contribution < -0.4 is 16.0 Å². The third-order valence-corrected chi connectivity index (χ3v) is 12.6. The highest BCUT2D eigenvalue weighted by Crippen LogP contribution is 2.22. The van der Waals surface area contributed by atoms with Gasteiger partial charge in [0.2, 0.25) is 17.7 Å². The van der Waals surface area contributed by atoms with E-state index in [4.69, 9.17) is 80.5 Å². The molecule has 1 unspecified atom stereocenters. The summed E-state index contributed by atoms with van der Waals surface area (Å²) in [7, 11) is 3.27. The number of hydrogen-bond donors (Lipinski definition) is 3. The minimum atomic E-state index is -0.999. The molecule has 28 heteroatoms. The molecule has 2 rings (SSSR count). The van der Waals surface area contributed by atoms with Crippen LogP contribution in [0.4, 0.5) is 5.69 Å². The van der Waals surface area contributed by atoms with Crippen LogP contribution in [0.25, 0.3) is 0 Å². The summed E-state index contributed by atoms with van der Waals surface area (Å²) in [4.78, 5) is 77.9. The highest BCUT2D eigenvalue weighted by Gasteiger charge is 2.27. The summed E-state index contributed by atoms with van der Waals surface area (Å²) in [5.74, 6) is -3.48. The van der Waals surface area contributed by atoms with E-state index in [-0.39, 0.29) is 12.6 Å². The molecule has 0 aliphatic carbocycles. The molecule has 0 spiro atoms. The van der Waals surface area contributed by atoms with E-state index in [1.54, 1.807) is 41.1 Å². The van der Waals surface area contributed by atoms with Crippen molar-refractivity contribution in [3.63, 3.8) is 0 Å². The summed E-state index contributed by atoms with van der Waals surface area (Å²) >= 11 is 0. The van der Waals surface area contributed by atoms with Crippen LogP contribution in [0.5, 0.6) is 0 Å².